The van der Waals surface area contributed by atoms with E-state index in [0.717, 1.165) is 18.6 Å². The molecule has 2 atom stereocenters. The average molecular weight is 204 g/mol. The monoisotopic (exact) mass is 204 g/mol. The molecule has 76 valence electrons. The molecule has 0 aromatic carbocycles. The molecule has 1 aliphatic rings. The van der Waals surface area contributed by atoms with Crippen LogP contribution in [0.1, 0.15) is 26.7 Å². The number of thioether (sulfide) groups is 1. The minimum Gasteiger partial charge on any atom is -0.479 e. The molecule has 0 aliphatic carbocycles. The van der Waals surface area contributed by atoms with E-state index in [2.05, 4.69) is 0 Å². The van der Waals surface area contributed by atoms with Gasteiger partial charge in [0.15, 0.2) is 6.10 Å². The number of aliphatic hydroxyl groups excluding tert-OH is 1. The van der Waals surface area contributed by atoms with E-state index in [1.165, 1.54) is 0 Å². The molecule has 13 heavy (non-hydrogen) atoms. The van der Waals surface area contributed by atoms with Crippen LogP contribution in [-0.4, -0.2) is 33.3 Å². The summed E-state index contributed by atoms with van der Waals surface area (Å²) in [6.07, 6.45) is 0.899. The molecule has 2 unspecified atom stereocenters. The quantitative estimate of drug-likeness (QED) is 0.728. The number of carboxylic acids is 1. The fourth-order valence-corrected chi connectivity index (χ4v) is 3.17. The van der Waals surface area contributed by atoms with Crippen LogP contribution >= 0.6 is 11.8 Å². The van der Waals surface area contributed by atoms with Crippen molar-refractivity contribution in [3.8, 4) is 0 Å². The van der Waals surface area contributed by atoms with Crippen molar-refractivity contribution in [2.24, 2.45) is 5.41 Å². The van der Waals surface area contributed by atoms with Crippen molar-refractivity contribution in [1.29, 1.82) is 0 Å². The third kappa shape index (κ3) is 2.17. The molecule has 0 amide bonds. The predicted octanol–water partition coefficient (Wildman–Crippen LogP) is 1.35. The van der Waals surface area contributed by atoms with Gasteiger partial charge in [0.05, 0.1) is 0 Å². The van der Waals surface area contributed by atoms with Crippen LogP contribution in [-0.2, 0) is 4.79 Å². The molecule has 2 N–H and O–H groups in total. The minimum absolute atomic E-state index is 0.276. The van der Waals surface area contributed by atoms with Crippen LogP contribution in [0.4, 0.5) is 0 Å². The average Bonchev–Trinajstić information content (AvgIpc) is 2.54. The number of aliphatic carboxylic acids is 1. The first-order valence-corrected chi connectivity index (χ1v) is 5.53. The largest absolute Gasteiger partial charge is 0.479 e. The van der Waals surface area contributed by atoms with Gasteiger partial charge in [0, 0.05) is 10.7 Å². The van der Waals surface area contributed by atoms with Crippen LogP contribution < -0.4 is 0 Å². The summed E-state index contributed by atoms with van der Waals surface area (Å²) in [7, 11) is 0. The highest BCUT2D eigenvalue weighted by molar-refractivity contribution is 8.00. The zero-order valence-electron chi connectivity index (χ0n) is 7.99. The van der Waals surface area contributed by atoms with Crippen molar-refractivity contribution in [3.63, 3.8) is 0 Å². The Kier molecular flexibility index (Phi) is 3.24. The zero-order chi connectivity index (χ0) is 10.1. The zero-order valence-corrected chi connectivity index (χ0v) is 8.80. The number of rotatable bonds is 3. The lowest BCUT2D eigenvalue weighted by Gasteiger charge is -2.33. The Labute approximate surface area is 82.5 Å². The first-order chi connectivity index (χ1) is 5.96. The molecular formula is C9H16O3S. The van der Waals surface area contributed by atoms with Gasteiger partial charge in [-0.05, 0) is 18.6 Å². The first kappa shape index (κ1) is 10.9. The third-order valence-electron chi connectivity index (χ3n) is 2.70. The Morgan fingerprint density at radius 3 is 2.62 bits per heavy atom. The van der Waals surface area contributed by atoms with Crippen LogP contribution in [0.2, 0.25) is 0 Å². The molecule has 1 rings (SSSR count). The molecule has 4 heteroatoms. The third-order valence-corrected chi connectivity index (χ3v) is 4.47. The first-order valence-electron chi connectivity index (χ1n) is 4.48. The predicted molar refractivity (Wildman–Crippen MR) is 52.9 cm³/mol. The molecule has 1 saturated heterocycles. The lowest BCUT2D eigenvalue weighted by atomic mass is 9.81. The van der Waals surface area contributed by atoms with E-state index in [1.807, 2.05) is 13.8 Å². The highest BCUT2D eigenvalue weighted by Crippen LogP contribution is 2.41. The summed E-state index contributed by atoms with van der Waals surface area (Å²) in [6.45, 7) is 3.66. The van der Waals surface area contributed by atoms with E-state index < -0.39 is 17.5 Å². The summed E-state index contributed by atoms with van der Waals surface area (Å²) in [5.74, 6) is -0.0297. The van der Waals surface area contributed by atoms with Gasteiger partial charge in [-0.2, -0.15) is 11.8 Å². The Balaban J connectivity index is 2.67. The van der Waals surface area contributed by atoms with E-state index in [1.54, 1.807) is 11.8 Å². The molecule has 0 aromatic heterocycles. The smallest absolute Gasteiger partial charge is 0.333 e. The van der Waals surface area contributed by atoms with Crippen molar-refractivity contribution in [2.75, 3.05) is 5.75 Å². The fraction of sp³-hybridized carbons (Fsp3) is 0.889. The van der Waals surface area contributed by atoms with Crippen LogP contribution in [0.25, 0.3) is 0 Å². The van der Waals surface area contributed by atoms with Crippen molar-refractivity contribution >= 4 is 17.7 Å². The molecule has 1 aliphatic heterocycles. The van der Waals surface area contributed by atoms with Gasteiger partial charge in [-0.25, -0.2) is 4.79 Å². The minimum atomic E-state index is -1.25. The highest BCUT2D eigenvalue weighted by Gasteiger charge is 2.41. The van der Waals surface area contributed by atoms with E-state index >= 15 is 0 Å². The Morgan fingerprint density at radius 2 is 2.23 bits per heavy atom. The van der Waals surface area contributed by atoms with Gasteiger partial charge in [0.2, 0.25) is 0 Å². The summed E-state index contributed by atoms with van der Waals surface area (Å²) in [6, 6.07) is 0. The second kappa shape index (κ2) is 3.88. The van der Waals surface area contributed by atoms with Crippen molar-refractivity contribution in [3.05, 3.63) is 0 Å². The molecule has 0 bridgehead atoms. The van der Waals surface area contributed by atoms with Gasteiger partial charge < -0.3 is 10.2 Å². The summed E-state index contributed by atoms with van der Waals surface area (Å²) in [5.41, 5.74) is -0.521. The number of aliphatic hydroxyl groups is 1. The van der Waals surface area contributed by atoms with E-state index in [-0.39, 0.29) is 5.25 Å². The number of carbonyl (C=O) groups is 1. The normalized spacial score (nSPS) is 25.9. The maximum Gasteiger partial charge on any atom is 0.333 e. The van der Waals surface area contributed by atoms with Crippen LogP contribution in [0.3, 0.4) is 0 Å². The highest BCUT2D eigenvalue weighted by atomic mass is 32.2. The van der Waals surface area contributed by atoms with Crippen LogP contribution in [0, 0.1) is 5.41 Å². The topological polar surface area (TPSA) is 57.5 Å². The lowest BCUT2D eigenvalue weighted by Crippen LogP contribution is -2.42. The van der Waals surface area contributed by atoms with Gasteiger partial charge in [0.25, 0.3) is 0 Å². The number of hydrogen-bond acceptors (Lipinski definition) is 3. The fourth-order valence-electron chi connectivity index (χ4n) is 1.66. The molecule has 0 aromatic rings. The van der Waals surface area contributed by atoms with E-state index in [0.29, 0.717) is 0 Å². The summed E-state index contributed by atoms with van der Waals surface area (Å²) < 4.78 is 0. The Hall–Kier alpha value is -0.220. The molecule has 1 fully saturated rings. The standard InChI is InChI=1S/C9H16O3S/c1-9(2,7(10)8(11)12)6-4-3-5-13-6/h6-7,10H,3-5H2,1-2H3,(H,11,12). The number of carboxylic acid groups (broad SMARTS) is 1. The summed E-state index contributed by atoms with van der Waals surface area (Å²) in [4.78, 5) is 10.6. The van der Waals surface area contributed by atoms with Gasteiger partial charge >= 0.3 is 5.97 Å². The van der Waals surface area contributed by atoms with Gasteiger partial charge in [0.1, 0.15) is 0 Å². The summed E-state index contributed by atoms with van der Waals surface area (Å²) in [5, 5.41) is 18.5. The van der Waals surface area contributed by atoms with Crippen molar-refractivity contribution in [2.45, 2.75) is 38.0 Å². The second-order valence-corrected chi connectivity index (χ2v) is 5.37. The van der Waals surface area contributed by atoms with E-state index in [9.17, 15) is 9.90 Å². The van der Waals surface area contributed by atoms with Crippen LogP contribution in [0.5, 0.6) is 0 Å². The number of hydrogen-bond donors (Lipinski definition) is 2. The van der Waals surface area contributed by atoms with E-state index in [4.69, 9.17) is 5.11 Å². The Morgan fingerprint density at radius 1 is 1.62 bits per heavy atom. The maximum atomic E-state index is 10.6. The molecule has 3 nitrogen and oxygen atoms in total. The second-order valence-electron chi connectivity index (χ2n) is 4.06. The molecule has 0 radical (unpaired) electrons. The molecule has 0 saturated carbocycles. The summed E-state index contributed by atoms with van der Waals surface area (Å²) >= 11 is 1.77. The van der Waals surface area contributed by atoms with Gasteiger partial charge in [-0.3, -0.25) is 0 Å². The maximum absolute atomic E-state index is 10.6. The van der Waals surface area contributed by atoms with Gasteiger partial charge in [-0.1, -0.05) is 13.8 Å². The Bertz CT molecular complexity index is 197. The molecular weight excluding hydrogens is 188 g/mol. The molecule has 0 spiro atoms. The van der Waals surface area contributed by atoms with Crippen molar-refractivity contribution < 1.29 is 15.0 Å². The SMILES string of the molecule is CC(C)(C1CCCS1)C(O)C(=O)O. The lowest BCUT2D eigenvalue weighted by molar-refractivity contribution is -0.153. The molecule has 1 heterocycles. The van der Waals surface area contributed by atoms with Crippen molar-refractivity contribution in [1.82, 2.24) is 0 Å². The van der Waals surface area contributed by atoms with Crippen LogP contribution in [0.15, 0.2) is 0 Å². The van der Waals surface area contributed by atoms with Gasteiger partial charge in [-0.15, -0.1) is 0 Å².